The van der Waals surface area contributed by atoms with E-state index in [9.17, 15) is 4.79 Å². The van der Waals surface area contributed by atoms with Crippen molar-refractivity contribution in [2.24, 2.45) is 0 Å². The number of anilines is 1. The van der Waals surface area contributed by atoms with E-state index in [2.05, 4.69) is 5.32 Å². The Bertz CT molecular complexity index is 637. The summed E-state index contributed by atoms with van der Waals surface area (Å²) in [6.07, 6.45) is 1.53. The number of hydrogen-bond acceptors (Lipinski definition) is 4. The number of phenols is 1. The van der Waals surface area contributed by atoms with E-state index in [4.69, 9.17) is 10.4 Å². The van der Waals surface area contributed by atoms with Crippen molar-refractivity contribution >= 4 is 29.0 Å². The minimum Gasteiger partial charge on any atom is -0.508 e. The standard InChI is InChI=1S/C14H10N2O2S/c15-8-11(7-10-5-6-19-9-10)14(18)16-12-1-3-13(17)4-2-12/h1-7,9,17H,(H,16,18). The summed E-state index contributed by atoms with van der Waals surface area (Å²) in [4.78, 5) is 11.9. The van der Waals surface area contributed by atoms with Gasteiger partial charge in [-0.1, -0.05) is 0 Å². The first kappa shape index (κ1) is 12.9. The molecular formula is C14H10N2O2S. The number of rotatable bonds is 3. The van der Waals surface area contributed by atoms with Gasteiger partial charge in [0.15, 0.2) is 0 Å². The van der Waals surface area contributed by atoms with Crippen LogP contribution in [0.15, 0.2) is 46.7 Å². The van der Waals surface area contributed by atoms with Crippen LogP contribution in [-0.4, -0.2) is 11.0 Å². The molecule has 1 aromatic heterocycles. The zero-order valence-corrected chi connectivity index (χ0v) is 10.6. The Morgan fingerprint density at radius 1 is 1.32 bits per heavy atom. The van der Waals surface area contributed by atoms with Crippen LogP contribution in [0.25, 0.3) is 6.08 Å². The van der Waals surface area contributed by atoms with E-state index in [1.54, 1.807) is 12.1 Å². The summed E-state index contributed by atoms with van der Waals surface area (Å²) in [6, 6.07) is 9.76. The highest BCUT2D eigenvalue weighted by Gasteiger charge is 2.09. The van der Waals surface area contributed by atoms with Crippen molar-refractivity contribution in [3.63, 3.8) is 0 Å². The number of nitrogens with one attached hydrogen (secondary N) is 1. The third kappa shape index (κ3) is 3.44. The van der Waals surface area contributed by atoms with E-state index in [1.807, 2.05) is 22.9 Å². The molecule has 0 aliphatic rings. The zero-order valence-electron chi connectivity index (χ0n) is 9.83. The summed E-state index contributed by atoms with van der Waals surface area (Å²) in [5.41, 5.74) is 1.38. The zero-order chi connectivity index (χ0) is 13.7. The van der Waals surface area contributed by atoms with Crippen LogP contribution in [0.5, 0.6) is 5.75 Å². The first-order valence-corrected chi connectivity index (χ1v) is 6.37. The van der Waals surface area contributed by atoms with E-state index in [-0.39, 0.29) is 11.3 Å². The highest BCUT2D eigenvalue weighted by atomic mass is 32.1. The lowest BCUT2D eigenvalue weighted by atomic mass is 10.2. The molecule has 2 rings (SSSR count). The first-order chi connectivity index (χ1) is 9.19. The molecule has 5 heteroatoms. The van der Waals surface area contributed by atoms with Gasteiger partial charge in [-0.2, -0.15) is 16.6 Å². The molecule has 1 aromatic carbocycles. The van der Waals surface area contributed by atoms with Gasteiger partial charge in [-0.05, 0) is 52.7 Å². The van der Waals surface area contributed by atoms with Gasteiger partial charge < -0.3 is 10.4 Å². The van der Waals surface area contributed by atoms with Gasteiger partial charge in [-0.25, -0.2) is 0 Å². The Balaban J connectivity index is 2.14. The van der Waals surface area contributed by atoms with Gasteiger partial charge in [-0.15, -0.1) is 0 Å². The van der Waals surface area contributed by atoms with Gasteiger partial charge in [0.2, 0.25) is 0 Å². The lowest BCUT2D eigenvalue weighted by Gasteiger charge is -2.03. The molecule has 0 unspecified atom stereocenters. The fraction of sp³-hybridized carbons (Fsp3) is 0. The lowest BCUT2D eigenvalue weighted by Crippen LogP contribution is -2.13. The third-order valence-electron chi connectivity index (χ3n) is 2.34. The minimum absolute atomic E-state index is 0.0338. The number of carbonyl (C=O) groups is 1. The smallest absolute Gasteiger partial charge is 0.266 e. The van der Waals surface area contributed by atoms with E-state index in [1.165, 1.54) is 29.5 Å². The average Bonchev–Trinajstić information content (AvgIpc) is 2.91. The number of amides is 1. The molecular weight excluding hydrogens is 260 g/mol. The fourth-order valence-electron chi connectivity index (χ4n) is 1.42. The maximum Gasteiger partial charge on any atom is 0.266 e. The summed E-state index contributed by atoms with van der Waals surface area (Å²) in [7, 11) is 0. The number of carbonyl (C=O) groups excluding carboxylic acids is 1. The highest BCUT2D eigenvalue weighted by molar-refractivity contribution is 7.08. The number of nitriles is 1. The van der Waals surface area contributed by atoms with Crippen LogP contribution in [-0.2, 0) is 4.79 Å². The average molecular weight is 270 g/mol. The number of hydrogen-bond donors (Lipinski definition) is 2. The summed E-state index contributed by atoms with van der Waals surface area (Å²) in [6.45, 7) is 0. The van der Waals surface area contributed by atoms with Crippen molar-refractivity contribution in [2.45, 2.75) is 0 Å². The normalized spacial score (nSPS) is 10.8. The second kappa shape index (κ2) is 5.85. The van der Waals surface area contributed by atoms with Crippen LogP contribution in [0.1, 0.15) is 5.56 Å². The summed E-state index contributed by atoms with van der Waals surface area (Å²) < 4.78 is 0. The van der Waals surface area contributed by atoms with Gasteiger partial charge in [0.05, 0.1) is 0 Å². The van der Waals surface area contributed by atoms with E-state index >= 15 is 0 Å². The Morgan fingerprint density at radius 3 is 2.63 bits per heavy atom. The van der Waals surface area contributed by atoms with Gasteiger partial charge >= 0.3 is 0 Å². The van der Waals surface area contributed by atoms with E-state index < -0.39 is 5.91 Å². The molecule has 2 aromatic rings. The van der Waals surface area contributed by atoms with Gasteiger partial charge in [-0.3, -0.25) is 4.79 Å². The van der Waals surface area contributed by atoms with Gasteiger partial charge in [0.25, 0.3) is 5.91 Å². The first-order valence-electron chi connectivity index (χ1n) is 5.43. The van der Waals surface area contributed by atoms with Crippen molar-refractivity contribution < 1.29 is 9.90 Å². The Labute approximate surface area is 114 Å². The molecule has 0 atom stereocenters. The molecule has 0 aliphatic carbocycles. The number of thiophene rings is 1. The van der Waals surface area contributed by atoms with Crippen LogP contribution >= 0.6 is 11.3 Å². The second-order valence-corrected chi connectivity index (χ2v) is 4.51. The molecule has 1 heterocycles. The second-order valence-electron chi connectivity index (χ2n) is 3.73. The Morgan fingerprint density at radius 2 is 2.05 bits per heavy atom. The summed E-state index contributed by atoms with van der Waals surface area (Å²) >= 11 is 1.50. The molecule has 2 N–H and O–H groups in total. The van der Waals surface area contributed by atoms with Gasteiger partial charge in [0.1, 0.15) is 17.4 Å². The van der Waals surface area contributed by atoms with Gasteiger partial charge in [0, 0.05) is 5.69 Å². The molecule has 4 nitrogen and oxygen atoms in total. The van der Waals surface area contributed by atoms with Crippen molar-refractivity contribution in [1.82, 2.24) is 0 Å². The molecule has 0 saturated carbocycles. The van der Waals surface area contributed by atoms with Crippen LogP contribution in [0, 0.1) is 11.3 Å². The van der Waals surface area contributed by atoms with Crippen molar-refractivity contribution in [2.75, 3.05) is 5.32 Å². The molecule has 0 aliphatic heterocycles. The molecule has 0 radical (unpaired) electrons. The molecule has 0 fully saturated rings. The van der Waals surface area contributed by atoms with Crippen LogP contribution in [0.4, 0.5) is 5.69 Å². The fourth-order valence-corrected chi connectivity index (χ4v) is 2.03. The largest absolute Gasteiger partial charge is 0.508 e. The summed E-state index contributed by atoms with van der Waals surface area (Å²) in [5, 5.41) is 24.5. The quantitative estimate of drug-likeness (QED) is 0.511. The molecule has 19 heavy (non-hydrogen) atoms. The number of phenolic OH excluding ortho intramolecular Hbond substituents is 1. The van der Waals surface area contributed by atoms with Crippen LogP contribution in [0.3, 0.4) is 0 Å². The van der Waals surface area contributed by atoms with E-state index in [0.29, 0.717) is 5.69 Å². The highest BCUT2D eigenvalue weighted by Crippen LogP contribution is 2.16. The molecule has 1 amide bonds. The SMILES string of the molecule is N#CC(=Cc1ccsc1)C(=O)Nc1ccc(O)cc1. The molecule has 0 saturated heterocycles. The maximum atomic E-state index is 11.9. The predicted molar refractivity (Wildman–Crippen MR) is 74.6 cm³/mol. The molecule has 0 bridgehead atoms. The lowest BCUT2D eigenvalue weighted by molar-refractivity contribution is -0.112. The van der Waals surface area contributed by atoms with Crippen LogP contribution < -0.4 is 5.32 Å². The van der Waals surface area contributed by atoms with Crippen molar-refractivity contribution in [1.29, 1.82) is 5.26 Å². The number of aromatic hydroxyl groups is 1. The number of nitrogens with zero attached hydrogens (tertiary/aromatic N) is 1. The van der Waals surface area contributed by atoms with Crippen LogP contribution in [0.2, 0.25) is 0 Å². The van der Waals surface area contributed by atoms with Crippen molar-refractivity contribution in [3.8, 4) is 11.8 Å². The summed E-state index contributed by atoms with van der Waals surface area (Å²) in [5.74, 6) is -0.355. The topological polar surface area (TPSA) is 73.1 Å². The van der Waals surface area contributed by atoms with E-state index in [0.717, 1.165) is 5.56 Å². The Hall–Kier alpha value is -2.58. The number of benzene rings is 1. The predicted octanol–water partition coefficient (Wildman–Crippen LogP) is 3.00. The van der Waals surface area contributed by atoms with Crippen molar-refractivity contribution in [3.05, 3.63) is 52.2 Å². The Kier molecular flexibility index (Phi) is 3.96. The minimum atomic E-state index is -0.473. The molecule has 0 spiro atoms. The maximum absolute atomic E-state index is 11.9. The molecule has 94 valence electrons. The monoisotopic (exact) mass is 270 g/mol. The third-order valence-corrected chi connectivity index (χ3v) is 3.05.